The molecule has 0 aliphatic heterocycles. The van der Waals surface area contributed by atoms with Crippen LogP contribution >= 0.6 is 0 Å². The molecule has 0 spiro atoms. The lowest BCUT2D eigenvalue weighted by atomic mass is 9.98. The fourth-order valence-electron chi connectivity index (χ4n) is 10.6. The van der Waals surface area contributed by atoms with E-state index in [-0.39, 0.29) is 0 Å². The Morgan fingerprint density at radius 1 is 0.294 bits per heavy atom. The van der Waals surface area contributed by atoms with Crippen molar-refractivity contribution < 1.29 is 8.83 Å². The summed E-state index contributed by atoms with van der Waals surface area (Å²) in [5, 5.41) is 9.32. The molecule has 11 aromatic carbocycles. The highest BCUT2D eigenvalue weighted by atomic mass is 16.3. The highest BCUT2D eigenvalue weighted by Crippen LogP contribution is 2.45. The van der Waals surface area contributed by atoms with Gasteiger partial charge in [0, 0.05) is 54.8 Å². The molecule has 0 unspecified atom stereocenters. The molecule has 0 saturated heterocycles. The van der Waals surface area contributed by atoms with E-state index >= 15 is 0 Å². The molecular formula is C64H40N2O2. The van der Waals surface area contributed by atoms with Gasteiger partial charge >= 0.3 is 0 Å². The maximum absolute atomic E-state index is 6.46. The van der Waals surface area contributed by atoms with E-state index < -0.39 is 0 Å². The van der Waals surface area contributed by atoms with Gasteiger partial charge in [0.25, 0.3) is 0 Å². The molecule has 3 heterocycles. The molecule has 0 radical (unpaired) electrons. The minimum Gasteiger partial charge on any atom is -0.456 e. The number of anilines is 3. The molecule has 14 rings (SSSR count). The molecule has 0 amide bonds. The monoisotopic (exact) mass is 868 g/mol. The molecule has 0 bridgehead atoms. The zero-order chi connectivity index (χ0) is 44.7. The summed E-state index contributed by atoms with van der Waals surface area (Å²) in [4.78, 5) is 2.39. The van der Waals surface area contributed by atoms with E-state index in [9.17, 15) is 0 Å². The van der Waals surface area contributed by atoms with E-state index in [1.165, 1.54) is 32.6 Å². The van der Waals surface area contributed by atoms with Gasteiger partial charge in [-0.15, -0.1) is 0 Å². The SMILES string of the molecule is c1ccc(N(c2ccc(-c3ccc4oc5ccccc5c4c3)cc2)c2ccc(-c3ccccc3-n3c4ccccc4c4ccccc43)cc2)c(-c2ccc3oc4cc5ccccc5cc4c3c2)c1. The van der Waals surface area contributed by atoms with E-state index in [4.69, 9.17) is 8.83 Å². The molecule has 14 aromatic rings. The van der Waals surface area contributed by atoms with Gasteiger partial charge in [-0.25, -0.2) is 0 Å². The molecule has 4 nitrogen and oxygen atoms in total. The van der Waals surface area contributed by atoms with E-state index in [1.807, 2.05) is 12.1 Å². The number of benzene rings is 11. The maximum Gasteiger partial charge on any atom is 0.136 e. The molecule has 0 atom stereocenters. The molecule has 0 N–H and O–H groups in total. The van der Waals surface area contributed by atoms with Gasteiger partial charge in [-0.05, 0) is 124 Å². The highest BCUT2D eigenvalue weighted by Gasteiger charge is 2.21. The predicted molar refractivity (Wildman–Crippen MR) is 284 cm³/mol. The van der Waals surface area contributed by atoms with Crippen LogP contribution < -0.4 is 4.90 Å². The van der Waals surface area contributed by atoms with Crippen molar-refractivity contribution in [3.63, 3.8) is 0 Å². The first kappa shape index (κ1) is 38.2. The molecule has 4 heteroatoms. The maximum atomic E-state index is 6.46. The average molecular weight is 869 g/mol. The second kappa shape index (κ2) is 15.2. The number of para-hydroxylation sites is 5. The average Bonchev–Trinajstić information content (AvgIpc) is 4.07. The number of aromatic nitrogens is 1. The van der Waals surface area contributed by atoms with Gasteiger partial charge < -0.3 is 18.3 Å². The lowest BCUT2D eigenvalue weighted by Gasteiger charge is -2.28. The van der Waals surface area contributed by atoms with Crippen molar-refractivity contribution in [2.45, 2.75) is 0 Å². The summed E-state index contributed by atoms with van der Waals surface area (Å²) >= 11 is 0. The summed E-state index contributed by atoms with van der Waals surface area (Å²) in [5.41, 5.74) is 17.1. The topological polar surface area (TPSA) is 34.5 Å². The van der Waals surface area contributed by atoms with Crippen LogP contribution in [0.4, 0.5) is 17.1 Å². The molecular weight excluding hydrogens is 829 g/mol. The Morgan fingerprint density at radius 3 is 1.51 bits per heavy atom. The Balaban J connectivity index is 0.908. The van der Waals surface area contributed by atoms with Gasteiger partial charge in [0.2, 0.25) is 0 Å². The van der Waals surface area contributed by atoms with Crippen molar-refractivity contribution in [2.75, 3.05) is 4.90 Å². The van der Waals surface area contributed by atoms with Crippen molar-refractivity contribution >= 4 is 93.5 Å². The second-order valence-electron chi connectivity index (χ2n) is 17.7. The highest BCUT2D eigenvalue weighted by molar-refractivity contribution is 6.12. The molecule has 0 fully saturated rings. The smallest absolute Gasteiger partial charge is 0.136 e. The number of furan rings is 2. The van der Waals surface area contributed by atoms with Crippen molar-refractivity contribution in [1.82, 2.24) is 4.57 Å². The number of rotatable bonds is 7. The van der Waals surface area contributed by atoms with Crippen LogP contribution in [-0.2, 0) is 0 Å². The fraction of sp³-hybridized carbons (Fsp3) is 0. The van der Waals surface area contributed by atoms with Crippen LogP contribution in [0.1, 0.15) is 0 Å². The van der Waals surface area contributed by atoms with Gasteiger partial charge in [0.05, 0.1) is 22.4 Å². The first-order valence-corrected chi connectivity index (χ1v) is 23.1. The molecule has 318 valence electrons. The summed E-state index contributed by atoms with van der Waals surface area (Å²) in [6.45, 7) is 0. The largest absolute Gasteiger partial charge is 0.456 e. The van der Waals surface area contributed by atoms with Gasteiger partial charge in [0.15, 0.2) is 0 Å². The minimum atomic E-state index is 0.877. The van der Waals surface area contributed by atoms with Gasteiger partial charge in [-0.1, -0.05) is 152 Å². The van der Waals surface area contributed by atoms with E-state index in [0.29, 0.717) is 0 Å². The van der Waals surface area contributed by atoms with Crippen LogP contribution in [0.25, 0.3) is 116 Å². The zero-order valence-corrected chi connectivity index (χ0v) is 36.8. The third-order valence-corrected chi connectivity index (χ3v) is 13.8. The van der Waals surface area contributed by atoms with Crippen LogP contribution in [0.3, 0.4) is 0 Å². The summed E-state index contributed by atoms with van der Waals surface area (Å²) in [7, 11) is 0. The first-order chi connectivity index (χ1) is 33.7. The number of hydrogen-bond donors (Lipinski definition) is 0. The summed E-state index contributed by atoms with van der Waals surface area (Å²) < 4.78 is 15.0. The lowest BCUT2D eigenvalue weighted by Crippen LogP contribution is -2.11. The zero-order valence-electron chi connectivity index (χ0n) is 36.8. The quantitative estimate of drug-likeness (QED) is 0.160. The number of nitrogens with zero attached hydrogens (tertiary/aromatic N) is 2. The molecule has 0 aliphatic rings. The Labute approximate surface area is 391 Å². The van der Waals surface area contributed by atoms with Crippen molar-refractivity contribution in [2.24, 2.45) is 0 Å². The normalized spacial score (nSPS) is 11.8. The van der Waals surface area contributed by atoms with Crippen LogP contribution in [-0.4, -0.2) is 4.57 Å². The first-order valence-electron chi connectivity index (χ1n) is 23.1. The Kier molecular flexibility index (Phi) is 8.55. The van der Waals surface area contributed by atoms with E-state index in [0.717, 1.165) is 100 Å². The lowest BCUT2D eigenvalue weighted by molar-refractivity contribution is 0.669. The van der Waals surface area contributed by atoms with Crippen LogP contribution in [0, 0.1) is 0 Å². The fourth-order valence-corrected chi connectivity index (χ4v) is 10.6. The van der Waals surface area contributed by atoms with E-state index in [2.05, 4.69) is 240 Å². The Hall–Kier alpha value is -9.12. The van der Waals surface area contributed by atoms with Crippen LogP contribution in [0.2, 0.25) is 0 Å². The third kappa shape index (κ3) is 6.08. The van der Waals surface area contributed by atoms with Crippen LogP contribution in [0.15, 0.2) is 251 Å². The molecule has 0 aliphatic carbocycles. The standard InChI is InChI=1S/C64H40N2O2/c1-2-14-44-40-64-56(37-43(44)13-1)55-39-46(30-36-63(55)68-64)50-16-4-8-20-57(50)65(47-31-25-41(26-32-47)45-29-35-62-54(38-45)53-19-7-12-24-61(53)67-62)48-33-27-42(28-34-48)49-15-3-9-21-58(49)66-59-22-10-5-17-51(59)52-18-6-11-23-60(52)66/h1-40H. The minimum absolute atomic E-state index is 0.877. The molecule has 0 saturated carbocycles. The summed E-state index contributed by atoms with van der Waals surface area (Å²) in [6, 6.07) is 87.2. The van der Waals surface area contributed by atoms with Crippen molar-refractivity contribution in [3.05, 3.63) is 243 Å². The van der Waals surface area contributed by atoms with Gasteiger partial charge in [-0.3, -0.25) is 0 Å². The summed E-state index contributed by atoms with van der Waals surface area (Å²) in [6.07, 6.45) is 0. The molecule has 68 heavy (non-hydrogen) atoms. The third-order valence-electron chi connectivity index (χ3n) is 13.8. The number of fused-ring (bicyclic) bond motifs is 10. The van der Waals surface area contributed by atoms with Crippen LogP contribution in [0.5, 0.6) is 0 Å². The van der Waals surface area contributed by atoms with Gasteiger partial charge in [0.1, 0.15) is 22.3 Å². The van der Waals surface area contributed by atoms with Crippen molar-refractivity contribution in [3.8, 4) is 39.1 Å². The Bertz CT molecular complexity index is 4210. The van der Waals surface area contributed by atoms with E-state index in [1.54, 1.807) is 0 Å². The number of hydrogen-bond acceptors (Lipinski definition) is 3. The predicted octanol–water partition coefficient (Wildman–Crippen LogP) is 18.2. The summed E-state index contributed by atoms with van der Waals surface area (Å²) in [5.74, 6) is 0. The van der Waals surface area contributed by atoms with Crippen molar-refractivity contribution in [1.29, 1.82) is 0 Å². The van der Waals surface area contributed by atoms with Gasteiger partial charge in [-0.2, -0.15) is 0 Å². The second-order valence-corrected chi connectivity index (χ2v) is 17.7. The molecule has 3 aromatic heterocycles. The Morgan fingerprint density at radius 2 is 0.779 bits per heavy atom.